The lowest BCUT2D eigenvalue weighted by atomic mass is 9.68. The van der Waals surface area contributed by atoms with E-state index in [0.29, 0.717) is 47.4 Å². The second-order valence-corrected chi connectivity index (χ2v) is 22.9. The lowest BCUT2D eigenvalue weighted by molar-refractivity contribution is -0.140. The average Bonchev–Trinajstić information content (AvgIpc) is 4.00. The van der Waals surface area contributed by atoms with Crippen LogP contribution in [0.25, 0.3) is 28.0 Å². The van der Waals surface area contributed by atoms with Crippen molar-refractivity contribution in [2.24, 2.45) is 23.7 Å². The molecule has 6 aromatic carbocycles. The summed E-state index contributed by atoms with van der Waals surface area (Å²) < 4.78 is 74.4. The normalized spacial score (nSPS) is 21.4. The van der Waals surface area contributed by atoms with Crippen LogP contribution in [-0.2, 0) is 22.0 Å². The van der Waals surface area contributed by atoms with Gasteiger partial charge >= 0.3 is 12.1 Å². The Kier molecular flexibility index (Phi) is 14.5. The number of hydrogen-bond donors (Lipinski definition) is 0. The maximum Gasteiger partial charge on any atom is 0.416 e. The van der Waals surface area contributed by atoms with Crippen molar-refractivity contribution >= 4 is 34.2 Å². The molecule has 0 amide bonds. The highest BCUT2D eigenvalue weighted by Crippen LogP contribution is 2.60. The second-order valence-electron chi connectivity index (χ2n) is 22.9. The van der Waals surface area contributed by atoms with E-state index in [9.17, 15) is 18.0 Å². The van der Waals surface area contributed by atoms with Gasteiger partial charge in [0.1, 0.15) is 28.7 Å². The molecule has 404 valence electrons. The first-order valence-electron chi connectivity index (χ1n) is 28.2. The fourth-order valence-electron chi connectivity index (χ4n) is 13.8. The highest BCUT2D eigenvalue weighted by atomic mass is 19.4. The Morgan fingerprint density at radius 2 is 1.27 bits per heavy atom. The van der Waals surface area contributed by atoms with E-state index in [-0.39, 0.29) is 11.9 Å². The molecule has 0 N–H and O–H groups in total. The van der Waals surface area contributed by atoms with Crippen LogP contribution in [0.1, 0.15) is 131 Å². The van der Waals surface area contributed by atoms with Gasteiger partial charge in [-0.25, -0.2) is 0 Å². The summed E-state index contributed by atoms with van der Waals surface area (Å²) in [5.41, 5.74) is 5.05. The molecule has 0 unspecified atom stereocenters. The zero-order valence-corrected chi connectivity index (χ0v) is 45.6. The molecule has 3 fully saturated rings. The average molecular weight is 1050 g/mol. The molecule has 2 aliphatic heterocycles. The van der Waals surface area contributed by atoms with Crippen LogP contribution in [0.2, 0.25) is 0 Å². The van der Waals surface area contributed by atoms with Gasteiger partial charge in [0.05, 0.1) is 38.5 Å². The number of rotatable bonds is 14. The monoisotopic (exact) mass is 1050 g/mol. The number of methoxy groups -OCH3 is 3. The maximum absolute atomic E-state index is 14.5. The molecular formula is C66H73F3N2O6. The number of ether oxygens (including phenoxy) is 5. The SMILES string of the molecule is CCCCCC1CCC(C2CCC(C(=O)Oc3ccc(N4CCN(c5cc6c7c(c8c(c6cc5OC)OC(c5ccc(OC)cc5)(c5ccc(OC)cc5)C=C8)C(C)(C)c5cc(C(F)(F)F)ccc5-7)CC4)cc3)CC2)CC1. The minimum atomic E-state index is -4.51. The van der Waals surface area contributed by atoms with E-state index >= 15 is 0 Å². The Morgan fingerprint density at radius 3 is 1.86 bits per heavy atom. The van der Waals surface area contributed by atoms with Crippen molar-refractivity contribution in [2.45, 2.75) is 115 Å². The third-order valence-electron chi connectivity index (χ3n) is 18.2. The fourth-order valence-corrected chi connectivity index (χ4v) is 13.8. The topological polar surface area (TPSA) is 69.7 Å². The Balaban J connectivity index is 0.853. The third kappa shape index (κ3) is 9.90. The highest BCUT2D eigenvalue weighted by Gasteiger charge is 2.46. The molecule has 0 atom stereocenters. The van der Waals surface area contributed by atoms with Crippen LogP contribution in [0.4, 0.5) is 24.5 Å². The zero-order chi connectivity index (χ0) is 53.6. The zero-order valence-electron chi connectivity index (χ0n) is 45.6. The first kappa shape index (κ1) is 52.4. The van der Waals surface area contributed by atoms with E-state index in [0.717, 1.165) is 112 Å². The summed E-state index contributed by atoms with van der Waals surface area (Å²) in [6.07, 6.45) is 14.7. The summed E-state index contributed by atoms with van der Waals surface area (Å²) >= 11 is 0. The van der Waals surface area contributed by atoms with Gasteiger partial charge < -0.3 is 33.5 Å². The summed E-state index contributed by atoms with van der Waals surface area (Å²) in [6.45, 7) is 9.13. The minimum absolute atomic E-state index is 0.0388. The number of alkyl halides is 3. The van der Waals surface area contributed by atoms with Crippen LogP contribution in [0.15, 0.2) is 109 Å². The van der Waals surface area contributed by atoms with Crippen molar-refractivity contribution in [1.29, 1.82) is 0 Å². The number of esters is 1. The van der Waals surface area contributed by atoms with E-state index in [1.165, 1.54) is 63.5 Å². The molecule has 6 aromatic rings. The number of fused-ring (bicyclic) bond motifs is 8. The molecule has 0 radical (unpaired) electrons. The number of hydrogen-bond acceptors (Lipinski definition) is 8. The van der Waals surface area contributed by atoms with Crippen molar-refractivity contribution in [3.8, 4) is 39.9 Å². The van der Waals surface area contributed by atoms with Gasteiger partial charge in [-0.2, -0.15) is 13.2 Å². The van der Waals surface area contributed by atoms with Crippen molar-refractivity contribution < 1.29 is 41.7 Å². The first-order chi connectivity index (χ1) is 37.2. The Morgan fingerprint density at radius 1 is 0.675 bits per heavy atom. The maximum atomic E-state index is 14.5. The lowest BCUT2D eigenvalue weighted by Crippen LogP contribution is -2.46. The highest BCUT2D eigenvalue weighted by molar-refractivity contribution is 6.10. The van der Waals surface area contributed by atoms with Gasteiger partial charge in [-0.15, -0.1) is 0 Å². The van der Waals surface area contributed by atoms with E-state index < -0.39 is 22.8 Å². The molecule has 1 saturated heterocycles. The standard InChI is InChI=1S/C66H73F3N2O6/c1-7-8-9-10-42-11-13-43(14-12-42)44-15-17-45(18-16-44)63(72)76-52-30-24-49(25-31-52)70-35-37-71(38-36-70)58-40-55-56(41-59(58)75-6)62-54(61-60(55)53-32-23-48(66(67,68)69)39-57(53)64(61,2)3)33-34-65(77-62,46-19-26-50(73-4)27-20-46)47-21-28-51(74-5)29-22-47/h19-34,39-45H,7-18,35-38H2,1-6H3. The molecule has 77 heavy (non-hydrogen) atoms. The van der Waals surface area contributed by atoms with E-state index in [1.54, 1.807) is 27.4 Å². The Bertz CT molecular complexity index is 3080. The predicted octanol–water partition coefficient (Wildman–Crippen LogP) is 16.0. The molecule has 0 bridgehead atoms. The van der Waals surface area contributed by atoms with Gasteiger partial charge in [-0.1, -0.05) is 95.7 Å². The number of benzene rings is 6. The third-order valence-corrected chi connectivity index (χ3v) is 18.2. The quantitative estimate of drug-likeness (QED) is 0.0607. The molecule has 2 saturated carbocycles. The molecule has 11 heteroatoms. The van der Waals surface area contributed by atoms with Crippen molar-refractivity contribution in [1.82, 2.24) is 0 Å². The lowest BCUT2D eigenvalue weighted by Gasteiger charge is -2.39. The number of anilines is 2. The van der Waals surface area contributed by atoms with Gasteiger partial charge in [0, 0.05) is 59.4 Å². The fraction of sp³-hybridized carbons (Fsp3) is 0.439. The molecule has 0 spiro atoms. The number of carbonyl (C=O) groups is 1. The van der Waals surface area contributed by atoms with Gasteiger partial charge in [0.25, 0.3) is 0 Å². The number of unbranched alkanes of at least 4 members (excludes halogenated alkanes) is 2. The molecule has 2 heterocycles. The van der Waals surface area contributed by atoms with E-state index in [4.69, 9.17) is 23.7 Å². The van der Waals surface area contributed by atoms with Crippen LogP contribution >= 0.6 is 0 Å². The van der Waals surface area contributed by atoms with Crippen LogP contribution in [0.3, 0.4) is 0 Å². The molecule has 0 aromatic heterocycles. The number of carbonyl (C=O) groups excluding carboxylic acids is 1. The van der Waals surface area contributed by atoms with Crippen LogP contribution in [0, 0.1) is 23.7 Å². The smallest absolute Gasteiger partial charge is 0.416 e. The van der Waals surface area contributed by atoms with Crippen molar-refractivity contribution in [2.75, 3.05) is 57.3 Å². The van der Waals surface area contributed by atoms with Crippen molar-refractivity contribution in [3.05, 3.63) is 143 Å². The minimum Gasteiger partial charge on any atom is -0.497 e. The van der Waals surface area contributed by atoms with E-state index in [2.05, 4.69) is 34.9 Å². The molecular weight excluding hydrogens is 974 g/mol. The first-order valence-corrected chi connectivity index (χ1v) is 28.2. The number of piperazine rings is 1. The summed E-state index contributed by atoms with van der Waals surface area (Å²) in [4.78, 5) is 18.1. The van der Waals surface area contributed by atoms with Crippen molar-refractivity contribution in [3.63, 3.8) is 0 Å². The Labute approximate surface area is 452 Å². The van der Waals surface area contributed by atoms with Crippen LogP contribution in [0.5, 0.6) is 28.7 Å². The number of halogens is 3. The van der Waals surface area contributed by atoms with E-state index in [1.807, 2.05) is 92.7 Å². The van der Waals surface area contributed by atoms with Gasteiger partial charge in [-0.05, 0) is 163 Å². The molecule has 3 aliphatic carbocycles. The van der Waals surface area contributed by atoms with Crippen LogP contribution < -0.4 is 33.5 Å². The molecule has 11 rings (SSSR count). The van der Waals surface area contributed by atoms with Crippen LogP contribution in [-0.4, -0.2) is 53.5 Å². The number of nitrogens with zero attached hydrogens (tertiary/aromatic N) is 2. The summed E-state index contributed by atoms with van der Waals surface area (Å²) in [5, 5.41) is 1.65. The summed E-state index contributed by atoms with van der Waals surface area (Å²) in [5.74, 6) is 5.62. The summed E-state index contributed by atoms with van der Waals surface area (Å²) in [7, 11) is 4.95. The second kappa shape index (κ2) is 21.3. The molecule has 5 aliphatic rings. The summed E-state index contributed by atoms with van der Waals surface area (Å²) in [6, 6.07) is 32.0. The largest absolute Gasteiger partial charge is 0.497 e. The Hall–Kier alpha value is -6.62. The van der Waals surface area contributed by atoms with Gasteiger partial charge in [-0.3, -0.25) is 4.79 Å². The van der Waals surface area contributed by atoms with Gasteiger partial charge in [0.2, 0.25) is 0 Å². The van der Waals surface area contributed by atoms with Gasteiger partial charge in [0.15, 0.2) is 5.60 Å². The predicted molar refractivity (Wildman–Crippen MR) is 301 cm³/mol. The molecule has 8 nitrogen and oxygen atoms in total.